The van der Waals surface area contributed by atoms with E-state index in [2.05, 4.69) is 0 Å². The van der Waals surface area contributed by atoms with Crippen LogP contribution in [0.25, 0.3) is 0 Å². The second-order valence-corrected chi connectivity index (χ2v) is 8.75. The summed E-state index contributed by atoms with van der Waals surface area (Å²) in [5, 5.41) is 11.1. The average Bonchev–Trinajstić information content (AvgIpc) is 3.21. The Hall–Kier alpha value is -2.16. The molecule has 1 N–H and O–H groups in total. The molecule has 4 atom stereocenters. The Balaban J connectivity index is 1.35. The van der Waals surface area contributed by atoms with E-state index in [1.807, 2.05) is 18.2 Å². The number of aliphatic hydroxyl groups excluding tert-OH is 1. The predicted molar refractivity (Wildman–Crippen MR) is 111 cm³/mol. The largest absolute Gasteiger partial charge is 0.486 e. The number of rotatable bonds is 4. The van der Waals surface area contributed by atoms with Crippen LogP contribution in [-0.4, -0.2) is 54.5 Å². The minimum atomic E-state index is -1.11. The van der Waals surface area contributed by atoms with Gasteiger partial charge in [0, 0.05) is 10.6 Å². The van der Waals surface area contributed by atoms with Crippen LogP contribution in [0.3, 0.4) is 0 Å². The van der Waals surface area contributed by atoms with Gasteiger partial charge in [-0.2, -0.15) is 0 Å². The lowest BCUT2D eigenvalue weighted by atomic mass is 9.97. The minimum Gasteiger partial charge on any atom is -0.486 e. The molecule has 3 aliphatic rings. The van der Waals surface area contributed by atoms with E-state index in [-0.39, 0.29) is 5.78 Å². The second kappa shape index (κ2) is 7.76. The van der Waals surface area contributed by atoms with Crippen molar-refractivity contribution in [2.45, 2.75) is 50.7 Å². The molecule has 0 bridgehead atoms. The van der Waals surface area contributed by atoms with Gasteiger partial charge >= 0.3 is 0 Å². The lowest BCUT2D eigenvalue weighted by Gasteiger charge is -2.22. The van der Waals surface area contributed by atoms with Crippen LogP contribution in [0.15, 0.2) is 36.4 Å². The Morgan fingerprint density at radius 2 is 1.87 bits per heavy atom. The summed E-state index contributed by atoms with van der Waals surface area (Å²) in [6, 6.07) is 10.8. The zero-order valence-corrected chi connectivity index (χ0v) is 17.9. The van der Waals surface area contributed by atoms with Gasteiger partial charge in [-0.05, 0) is 61.7 Å². The SMILES string of the molecule is CC1(C)O[C@@H]2O[C@@H](C(=O)c3ccc(Cl)c(Cc4ccc5c(c4)OCCO5)c3)[C@H](O)[C@@H]2O1. The summed E-state index contributed by atoms with van der Waals surface area (Å²) in [4.78, 5) is 13.1. The van der Waals surface area contributed by atoms with Crippen molar-refractivity contribution in [3.63, 3.8) is 0 Å². The average molecular weight is 447 g/mol. The number of halogens is 1. The number of aliphatic hydroxyl groups is 1. The number of hydrogen-bond acceptors (Lipinski definition) is 7. The summed E-state index contributed by atoms with van der Waals surface area (Å²) < 4.78 is 28.2. The molecule has 2 aromatic carbocycles. The van der Waals surface area contributed by atoms with Gasteiger partial charge in [0.05, 0.1) is 0 Å². The van der Waals surface area contributed by atoms with Crippen LogP contribution in [0, 0.1) is 0 Å². The molecule has 0 radical (unpaired) electrons. The topological polar surface area (TPSA) is 83.5 Å². The zero-order valence-electron chi connectivity index (χ0n) is 17.2. The maximum absolute atomic E-state index is 13.1. The highest BCUT2D eigenvalue weighted by atomic mass is 35.5. The van der Waals surface area contributed by atoms with Crippen molar-refractivity contribution in [2.75, 3.05) is 13.2 Å². The van der Waals surface area contributed by atoms with Gasteiger partial charge in [-0.15, -0.1) is 0 Å². The molecular formula is C23H23ClO7. The van der Waals surface area contributed by atoms with E-state index in [1.165, 1.54) is 0 Å². The van der Waals surface area contributed by atoms with Crippen LogP contribution in [0.5, 0.6) is 11.5 Å². The molecule has 0 amide bonds. The van der Waals surface area contributed by atoms with Crippen molar-refractivity contribution in [1.29, 1.82) is 0 Å². The number of hydrogen-bond donors (Lipinski definition) is 1. The third kappa shape index (κ3) is 3.92. The molecule has 0 unspecified atom stereocenters. The first-order chi connectivity index (χ1) is 14.8. The van der Waals surface area contributed by atoms with Gasteiger partial charge in [0.1, 0.15) is 25.4 Å². The fourth-order valence-electron chi connectivity index (χ4n) is 4.15. The van der Waals surface area contributed by atoms with E-state index < -0.39 is 30.4 Å². The normalized spacial score (nSPS) is 28.4. The molecule has 0 aromatic heterocycles. The Labute approximate surface area is 184 Å². The number of Topliss-reactive ketones (excluding diaryl/α,β-unsaturated/α-hetero) is 1. The molecule has 2 saturated heterocycles. The third-order valence-electron chi connectivity index (χ3n) is 5.61. The molecule has 31 heavy (non-hydrogen) atoms. The molecule has 3 aliphatic heterocycles. The fraction of sp³-hybridized carbons (Fsp3) is 0.435. The maximum atomic E-state index is 13.1. The number of carbonyl (C=O) groups is 1. The minimum absolute atomic E-state index is 0.341. The van der Waals surface area contributed by atoms with Gasteiger partial charge in [0.25, 0.3) is 0 Å². The van der Waals surface area contributed by atoms with Crippen LogP contribution < -0.4 is 9.47 Å². The Morgan fingerprint density at radius 1 is 1.10 bits per heavy atom. The van der Waals surface area contributed by atoms with Gasteiger partial charge in [-0.1, -0.05) is 17.7 Å². The van der Waals surface area contributed by atoms with Crippen LogP contribution in [-0.2, 0) is 20.6 Å². The smallest absolute Gasteiger partial charge is 0.194 e. The highest BCUT2D eigenvalue weighted by Gasteiger charge is 2.56. The molecule has 0 saturated carbocycles. The van der Waals surface area contributed by atoms with Crippen molar-refractivity contribution in [3.05, 3.63) is 58.1 Å². The van der Waals surface area contributed by atoms with Crippen molar-refractivity contribution in [2.24, 2.45) is 0 Å². The number of carbonyl (C=O) groups excluding carboxylic acids is 1. The zero-order chi connectivity index (χ0) is 21.8. The summed E-state index contributed by atoms with van der Waals surface area (Å²) in [5.41, 5.74) is 2.16. The van der Waals surface area contributed by atoms with E-state index in [1.54, 1.807) is 32.0 Å². The molecule has 2 fully saturated rings. The van der Waals surface area contributed by atoms with E-state index in [9.17, 15) is 9.90 Å². The molecule has 164 valence electrons. The van der Waals surface area contributed by atoms with Crippen LogP contribution in [0.4, 0.5) is 0 Å². The Morgan fingerprint density at radius 3 is 2.65 bits per heavy atom. The van der Waals surface area contributed by atoms with Crippen LogP contribution >= 0.6 is 11.6 Å². The number of fused-ring (bicyclic) bond motifs is 2. The van der Waals surface area contributed by atoms with E-state index in [0.717, 1.165) is 16.9 Å². The van der Waals surface area contributed by atoms with E-state index >= 15 is 0 Å². The van der Waals surface area contributed by atoms with Gasteiger partial charge in [0.15, 0.2) is 35.5 Å². The first-order valence-electron chi connectivity index (χ1n) is 10.2. The summed E-state index contributed by atoms with van der Waals surface area (Å²) in [6.45, 7) is 4.52. The number of ketones is 1. The van der Waals surface area contributed by atoms with Gasteiger partial charge in [-0.25, -0.2) is 0 Å². The van der Waals surface area contributed by atoms with Gasteiger partial charge < -0.3 is 28.8 Å². The van der Waals surface area contributed by atoms with Crippen LogP contribution in [0.2, 0.25) is 5.02 Å². The number of benzene rings is 2. The monoisotopic (exact) mass is 446 g/mol. The predicted octanol–water partition coefficient (Wildman–Crippen LogP) is 3.12. The molecule has 2 aromatic rings. The fourth-order valence-corrected chi connectivity index (χ4v) is 4.34. The summed E-state index contributed by atoms with van der Waals surface area (Å²) in [7, 11) is 0. The highest BCUT2D eigenvalue weighted by molar-refractivity contribution is 6.31. The Kier molecular flexibility index (Phi) is 5.19. The molecule has 7 nitrogen and oxygen atoms in total. The molecule has 5 rings (SSSR count). The first-order valence-corrected chi connectivity index (χ1v) is 10.6. The van der Waals surface area contributed by atoms with Crippen molar-refractivity contribution in [3.8, 4) is 11.5 Å². The third-order valence-corrected chi connectivity index (χ3v) is 5.97. The molecule has 0 spiro atoms. The quantitative estimate of drug-likeness (QED) is 0.722. The van der Waals surface area contributed by atoms with Crippen molar-refractivity contribution in [1.82, 2.24) is 0 Å². The summed E-state index contributed by atoms with van der Waals surface area (Å²) >= 11 is 6.40. The molecule has 0 aliphatic carbocycles. The Bertz CT molecular complexity index is 1020. The summed E-state index contributed by atoms with van der Waals surface area (Å²) in [6.07, 6.45) is -3.14. The highest BCUT2D eigenvalue weighted by Crippen LogP contribution is 2.38. The lowest BCUT2D eigenvalue weighted by Crippen LogP contribution is -2.38. The van der Waals surface area contributed by atoms with Crippen molar-refractivity contribution >= 4 is 17.4 Å². The van der Waals surface area contributed by atoms with Gasteiger partial charge in [0.2, 0.25) is 0 Å². The standard InChI is InChI=1S/C23H23ClO7/c1-23(2)30-21-19(26)20(29-22(21)31-23)18(25)13-4-5-15(24)14(11-13)9-12-3-6-16-17(10-12)28-8-7-27-16/h3-6,10-11,19-22,26H,7-9H2,1-2H3/t19-,20-,21-,22-/m0/s1. The summed E-state index contributed by atoms with van der Waals surface area (Å²) in [5.74, 6) is 0.216. The van der Waals surface area contributed by atoms with Crippen molar-refractivity contribution < 1.29 is 33.6 Å². The van der Waals surface area contributed by atoms with Crippen LogP contribution in [0.1, 0.15) is 35.3 Å². The molecular weight excluding hydrogens is 424 g/mol. The lowest BCUT2D eigenvalue weighted by molar-refractivity contribution is -0.208. The second-order valence-electron chi connectivity index (χ2n) is 8.34. The number of ether oxygens (including phenoxy) is 5. The van der Waals surface area contributed by atoms with Gasteiger partial charge in [-0.3, -0.25) is 4.79 Å². The molecule has 3 heterocycles. The van der Waals surface area contributed by atoms with E-state index in [4.69, 9.17) is 35.3 Å². The van der Waals surface area contributed by atoms with E-state index in [0.29, 0.717) is 36.0 Å². The molecule has 8 heteroatoms. The maximum Gasteiger partial charge on any atom is 0.194 e. The first kappa shape index (κ1) is 20.7.